The Bertz CT molecular complexity index is 564. The quantitative estimate of drug-likeness (QED) is 0.821. The molecule has 0 aliphatic heterocycles. The number of carbonyl (C=O) groups excluding carboxylic acids is 1. The van der Waals surface area contributed by atoms with Crippen molar-refractivity contribution < 1.29 is 9.21 Å². The first-order valence-electron chi connectivity index (χ1n) is 7.27. The summed E-state index contributed by atoms with van der Waals surface area (Å²) >= 11 is 0. The van der Waals surface area contributed by atoms with Crippen LogP contribution in [0.4, 0.5) is 0 Å². The Morgan fingerprint density at radius 3 is 2.67 bits per heavy atom. The largest absolute Gasteiger partial charge is 0.469 e. The van der Waals surface area contributed by atoms with Crippen molar-refractivity contribution in [3.05, 3.63) is 59.5 Å². The molecule has 0 saturated heterocycles. The number of hydrogen-bond donors (Lipinski definition) is 2. The van der Waals surface area contributed by atoms with Crippen LogP contribution in [0, 0.1) is 0 Å². The molecule has 1 atom stereocenters. The molecule has 1 amide bonds. The third kappa shape index (κ3) is 4.76. The lowest BCUT2D eigenvalue weighted by molar-refractivity contribution is -0.121. The van der Waals surface area contributed by atoms with Gasteiger partial charge in [-0.1, -0.05) is 24.3 Å². The van der Waals surface area contributed by atoms with Gasteiger partial charge in [0.15, 0.2) is 0 Å². The zero-order valence-corrected chi connectivity index (χ0v) is 12.3. The van der Waals surface area contributed by atoms with Crippen molar-refractivity contribution in [1.29, 1.82) is 0 Å². The fourth-order valence-electron chi connectivity index (χ4n) is 2.31. The van der Waals surface area contributed by atoms with Gasteiger partial charge in [-0.15, -0.1) is 0 Å². The molecule has 4 heteroatoms. The van der Waals surface area contributed by atoms with Crippen molar-refractivity contribution in [2.45, 2.75) is 38.8 Å². The number of aryl methyl sites for hydroxylation is 1. The van der Waals surface area contributed by atoms with Crippen LogP contribution in [0.5, 0.6) is 0 Å². The van der Waals surface area contributed by atoms with Crippen LogP contribution in [0.1, 0.15) is 30.2 Å². The van der Waals surface area contributed by atoms with E-state index in [4.69, 9.17) is 10.2 Å². The third-order valence-electron chi connectivity index (χ3n) is 3.50. The highest BCUT2D eigenvalue weighted by atomic mass is 16.3. The molecule has 0 spiro atoms. The van der Waals surface area contributed by atoms with Crippen LogP contribution in [0.25, 0.3) is 0 Å². The summed E-state index contributed by atoms with van der Waals surface area (Å²) in [6.07, 6.45) is 3.73. The number of rotatable bonds is 7. The number of nitrogens with one attached hydrogen (secondary N) is 1. The van der Waals surface area contributed by atoms with E-state index in [0.717, 1.165) is 29.7 Å². The molecule has 1 aromatic carbocycles. The Morgan fingerprint density at radius 2 is 2.00 bits per heavy atom. The lowest BCUT2D eigenvalue weighted by atomic mass is 10.0. The molecule has 3 N–H and O–H groups in total. The molecule has 0 fully saturated rings. The Labute approximate surface area is 125 Å². The molecule has 1 heterocycles. The van der Waals surface area contributed by atoms with Gasteiger partial charge in [0.25, 0.3) is 0 Å². The highest BCUT2D eigenvalue weighted by Crippen LogP contribution is 2.09. The second-order valence-corrected chi connectivity index (χ2v) is 5.24. The molecule has 0 aliphatic rings. The molecular weight excluding hydrogens is 264 g/mol. The van der Waals surface area contributed by atoms with E-state index in [0.29, 0.717) is 13.0 Å². The number of furan rings is 1. The average Bonchev–Trinajstić information content (AvgIpc) is 2.99. The minimum Gasteiger partial charge on any atom is -0.469 e. The lowest BCUT2D eigenvalue weighted by Crippen LogP contribution is -2.34. The molecule has 0 saturated carbocycles. The van der Waals surface area contributed by atoms with Crippen molar-refractivity contribution in [2.75, 3.05) is 0 Å². The maximum atomic E-state index is 12.1. The Morgan fingerprint density at radius 1 is 1.24 bits per heavy atom. The van der Waals surface area contributed by atoms with Crippen LogP contribution >= 0.6 is 0 Å². The van der Waals surface area contributed by atoms with E-state index in [-0.39, 0.29) is 11.9 Å². The molecule has 2 rings (SSSR count). The molecule has 112 valence electrons. The molecule has 0 radical (unpaired) electrons. The number of nitrogens with two attached hydrogens (primary N) is 1. The number of amides is 1. The summed E-state index contributed by atoms with van der Waals surface area (Å²) in [6.45, 7) is 2.47. The fourth-order valence-corrected chi connectivity index (χ4v) is 2.31. The topological polar surface area (TPSA) is 68.3 Å². The van der Waals surface area contributed by atoms with Gasteiger partial charge >= 0.3 is 0 Å². The summed E-state index contributed by atoms with van der Waals surface area (Å²) in [7, 11) is 0. The Balaban J connectivity index is 1.80. The average molecular weight is 286 g/mol. The van der Waals surface area contributed by atoms with Gasteiger partial charge in [-0.05, 0) is 36.6 Å². The van der Waals surface area contributed by atoms with Crippen molar-refractivity contribution in [2.24, 2.45) is 5.73 Å². The van der Waals surface area contributed by atoms with Gasteiger partial charge in [0.2, 0.25) is 5.91 Å². The van der Waals surface area contributed by atoms with Gasteiger partial charge in [0.05, 0.1) is 12.7 Å². The zero-order valence-electron chi connectivity index (χ0n) is 12.3. The van der Waals surface area contributed by atoms with Gasteiger partial charge < -0.3 is 15.5 Å². The second kappa shape index (κ2) is 7.64. The summed E-state index contributed by atoms with van der Waals surface area (Å²) in [4.78, 5) is 12.1. The van der Waals surface area contributed by atoms with Gasteiger partial charge in [0.1, 0.15) is 5.76 Å². The van der Waals surface area contributed by atoms with Crippen molar-refractivity contribution in [3.63, 3.8) is 0 Å². The highest BCUT2D eigenvalue weighted by Gasteiger charge is 2.10. The number of carbonyl (C=O) groups is 1. The summed E-state index contributed by atoms with van der Waals surface area (Å²) < 4.78 is 5.29. The highest BCUT2D eigenvalue weighted by molar-refractivity contribution is 5.79. The Kier molecular flexibility index (Phi) is 5.58. The first kappa shape index (κ1) is 15.3. The summed E-state index contributed by atoms with van der Waals surface area (Å²) in [5.74, 6) is 0.979. The van der Waals surface area contributed by atoms with E-state index in [2.05, 4.69) is 5.32 Å². The first-order chi connectivity index (χ1) is 10.2. The predicted octanol–water partition coefficient (Wildman–Crippen LogP) is 2.42. The van der Waals surface area contributed by atoms with E-state index < -0.39 is 0 Å². The standard InChI is InChI=1S/C17H22N2O2/c1-13(8-9-16-7-4-10-21-16)19-17(20)11-14-5-2-3-6-15(14)12-18/h2-7,10,13H,8-9,11-12,18H2,1H3,(H,19,20). The molecule has 4 nitrogen and oxygen atoms in total. The van der Waals surface area contributed by atoms with E-state index in [9.17, 15) is 4.79 Å². The van der Waals surface area contributed by atoms with Crippen molar-refractivity contribution in [1.82, 2.24) is 5.32 Å². The van der Waals surface area contributed by atoms with Gasteiger partial charge in [-0.2, -0.15) is 0 Å². The predicted molar refractivity (Wildman–Crippen MR) is 82.7 cm³/mol. The SMILES string of the molecule is CC(CCc1ccco1)NC(=O)Cc1ccccc1CN. The van der Waals surface area contributed by atoms with Crippen LogP contribution in [0.15, 0.2) is 47.1 Å². The molecular formula is C17H22N2O2. The van der Waals surface area contributed by atoms with Crippen molar-refractivity contribution >= 4 is 5.91 Å². The smallest absolute Gasteiger partial charge is 0.224 e. The second-order valence-electron chi connectivity index (χ2n) is 5.24. The molecule has 1 aromatic heterocycles. The monoisotopic (exact) mass is 286 g/mol. The molecule has 21 heavy (non-hydrogen) atoms. The summed E-state index contributed by atoms with van der Waals surface area (Å²) in [5, 5.41) is 3.02. The zero-order chi connectivity index (χ0) is 15.1. The summed E-state index contributed by atoms with van der Waals surface area (Å²) in [5.41, 5.74) is 7.71. The third-order valence-corrected chi connectivity index (χ3v) is 3.50. The maximum absolute atomic E-state index is 12.1. The minimum absolute atomic E-state index is 0.0304. The molecule has 0 aliphatic carbocycles. The number of hydrogen-bond acceptors (Lipinski definition) is 3. The normalized spacial score (nSPS) is 12.1. The van der Waals surface area contributed by atoms with Crippen LogP contribution in [-0.4, -0.2) is 11.9 Å². The van der Waals surface area contributed by atoms with Gasteiger partial charge in [-0.3, -0.25) is 4.79 Å². The van der Waals surface area contributed by atoms with E-state index >= 15 is 0 Å². The maximum Gasteiger partial charge on any atom is 0.224 e. The summed E-state index contributed by atoms with van der Waals surface area (Å²) in [6, 6.07) is 11.7. The van der Waals surface area contributed by atoms with Gasteiger partial charge in [-0.25, -0.2) is 0 Å². The fraction of sp³-hybridized carbons (Fsp3) is 0.353. The lowest BCUT2D eigenvalue weighted by Gasteiger charge is -2.14. The van der Waals surface area contributed by atoms with Crippen LogP contribution < -0.4 is 11.1 Å². The Hall–Kier alpha value is -2.07. The molecule has 0 bridgehead atoms. The number of benzene rings is 1. The van der Waals surface area contributed by atoms with Crippen LogP contribution in [0.2, 0.25) is 0 Å². The van der Waals surface area contributed by atoms with E-state index in [1.807, 2.05) is 43.3 Å². The van der Waals surface area contributed by atoms with Crippen molar-refractivity contribution in [3.8, 4) is 0 Å². The van der Waals surface area contributed by atoms with Crippen LogP contribution in [-0.2, 0) is 24.2 Å². The molecule has 1 unspecified atom stereocenters. The van der Waals surface area contributed by atoms with E-state index in [1.165, 1.54) is 0 Å². The molecule has 2 aromatic rings. The van der Waals surface area contributed by atoms with Gasteiger partial charge in [0, 0.05) is 19.0 Å². The van der Waals surface area contributed by atoms with Crippen LogP contribution in [0.3, 0.4) is 0 Å². The first-order valence-corrected chi connectivity index (χ1v) is 7.27. The van der Waals surface area contributed by atoms with E-state index in [1.54, 1.807) is 6.26 Å². The minimum atomic E-state index is 0.0304.